The number of carbonyl (C=O) groups is 1. The number of carbonyl (C=O) groups excluding carboxylic acids is 1. The van der Waals surface area contributed by atoms with Crippen LogP contribution < -0.4 is 10.6 Å². The van der Waals surface area contributed by atoms with Crippen molar-refractivity contribution in [2.24, 2.45) is 0 Å². The largest absolute Gasteiger partial charge is 0.348 e. The molecule has 1 fully saturated rings. The Morgan fingerprint density at radius 1 is 1.27 bits per heavy atom. The zero-order chi connectivity index (χ0) is 15.4. The van der Waals surface area contributed by atoms with Crippen LogP contribution in [0.1, 0.15) is 47.7 Å². The van der Waals surface area contributed by atoms with Gasteiger partial charge in [-0.15, -0.1) is 0 Å². The van der Waals surface area contributed by atoms with E-state index >= 15 is 0 Å². The van der Waals surface area contributed by atoms with Gasteiger partial charge in [0.1, 0.15) is 0 Å². The Kier molecular flexibility index (Phi) is 5.42. The molecule has 1 aliphatic carbocycles. The van der Waals surface area contributed by atoms with Crippen LogP contribution in [0.3, 0.4) is 0 Å². The highest BCUT2D eigenvalue weighted by molar-refractivity contribution is 7.99. The topological polar surface area (TPSA) is 41.1 Å². The Balaban J connectivity index is 1.68. The summed E-state index contributed by atoms with van der Waals surface area (Å²) in [7, 11) is 0. The maximum absolute atomic E-state index is 12.6. The van der Waals surface area contributed by atoms with E-state index < -0.39 is 0 Å². The summed E-state index contributed by atoms with van der Waals surface area (Å²) in [6.45, 7) is 4.24. The number of hydrogen-bond donors (Lipinski definition) is 2. The lowest BCUT2D eigenvalue weighted by molar-refractivity contribution is 0.0938. The van der Waals surface area contributed by atoms with Crippen LogP contribution in [0.15, 0.2) is 18.2 Å². The fourth-order valence-electron chi connectivity index (χ4n) is 3.57. The molecule has 0 saturated heterocycles. The summed E-state index contributed by atoms with van der Waals surface area (Å²) in [6.07, 6.45) is 5.68. The molecule has 1 saturated carbocycles. The monoisotopic (exact) mass is 318 g/mol. The zero-order valence-electron chi connectivity index (χ0n) is 13.4. The van der Waals surface area contributed by atoms with Crippen molar-refractivity contribution in [2.75, 3.05) is 18.8 Å². The number of hydrogen-bond acceptors (Lipinski definition) is 3. The first-order valence-corrected chi connectivity index (χ1v) is 9.58. The third-order valence-electron chi connectivity index (χ3n) is 4.76. The summed E-state index contributed by atoms with van der Waals surface area (Å²) in [5.74, 6) is 1.23. The first-order valence-electron chi connectivity index (χ1n) is 8.53. The van der Waals surface area contributed by atoms with Gasteiger partial charge in [0.05, 0.1) is 0 Å². The average Bonchev–Trinajstić information content (AvgIpc) is 2.82. The fourth-order valence-corrected chi connectivity index (χ4v) is 4.77. The predicted octanol–water partition coefficient (Wildman–Crippen LogP) is 2.78. The van der Waals surface area contributed by atoms with Crippen LogP contribution in [-0.4, -0.2) is 36.0 Å². The molecule has 2 N–H and O–H groups in total. The van der Waals surface area contributed by atoms with Gasteiger partial charge in [0.2, 0.25) is 0 Å². The lowest BCUT2D eigenvalue weighted by Crippen LogP contribution is -2.38. The standard InChI is InChI=1S/C18H26N2OS/c1-2-22-17-5-3-4-16(17)20-18(21)15-7-6-13-8-10-19-11-9-14(13)12-15/h6-7,12,16-17,19H,2-5,8-11H2,1H3,(H,20,21)/t16-,17-/m0/s1. The van der Waals surface area contributed by atoms with Crippen molar-refractivity contribution in [3.63, 3.8) is 0 Å². The second kappa shape index (κ2) is 7.51. The van der Waals surface area contributed by atoms with Gasteiger partial charge in [0.25, 0.3) is 5.91 Å². The van der Waals surface area contributed by atoms with E-state index in [2.05, 4.69) is 29.7 Å². The van der Waals surface area contributed by atoms with Crippen LogP contribution in [0.25, 0.3) is 0 Å². The summed E-state index contributed by atoms with van der Waals surface area (Å²) < 4.78 is 0. The molecule has 1 heterocycles. The third kappa shape index (κ3) is 3.66. The van der Waals surface area contributed by atoms with E-state index in [4.69, 9.17) is 0 Å². The van der Waals surface area contributed by atoms with Gasteiger partial charge in [-0.1, -0.05) is 19.4 Å². The average molecular weight is 318 g/mol. The Labute approximate surface area is 137 Å². The van der Waals surface area contributed by atoms with E-state index in [0.717, 1.165) is 43.7 Å². The molecule has 0 bridgehead atoms. The quantitative estimate of drug-likeness (QED) is 0.897. The van der Waals surface area contributed by atoms with Gasteiger partial charge in [-0.2, -0.15) is 11.8 Å². The predicted molar refractivity (Wildman–Crippen MR) is 93.7 cm³/mol. The summed E-state index contributed by atoms with van der Waals surface area (Å²) >= 11 is 1.99. The van der Waals surface area contributed by atoms with E-state index in [-0.39, 0.29) is 5.91 Å². The smallest absolute Gasteiger partial charge is 0.251 e. The van der Waals surface area contributed by atoms with Crippen molar-refractivity contribution in [3.05, 3.63) is 34.9 Å². The summed E-state index contributed by atoms with van der Waals surface area (Å²) in [4.78, 5) is 12.6. The summed E-state index contributed by atoms with van der Waals surface area (Å²) in [5, 5.41) is 7.29. The van der Waals surface area contributed by atoms with Crippen molar-refractivity contribution >= 4 is 17.7 Å². The molecule has 4 heteroatoms. The van der Waals surface area contributed by atoms with Crippen LogP contribution in [0.2, 0.25) is 0 Å². The molecule has 3 nitrogen and oxygen atoms in total. The van der Waals surface area contributed by atoms with Crippen molar-refractivity contribution in [1.29, 1.82) is 0 Å². The van der Waals surface area contributed by atoms with Gasteiger partial charge in [0.15, 0.2) is 0 Å². The Morgan fingerprint density at radius 3 is 2.91 bits per heavy atom. The summed E-state index contributed by atoms with van der Waals surface area (Å²) in [6, 6.07) is 6.59. The maximum Gasteiger partial charge on any atom is 0.251 e. The van der Waals surface area contributed by atoms with Crippen molar-refractivity contribution in [2.45, 2.75) is 50.3 Å². The van der Waals surface area contributed by atoms with E-state index in [9.17, 15) is 4.79 Å². The van der Waals surface area contributed by atoms with E-state index in [1.165, 1.54) is 24.0 Å². The SMILES string of the molecule is CCS[C@H]1CCC[C@@H]1NC(=O)c1ccc2c(c1)CCNCC2. The number of nitrogens with one attached hydrogen (secondary N) is 2. The number of amides is 1. The molecule has 2 aliphatic rings. The van der Waals surface area contributed by atoms with Crippen LogP contribution >= 0.6 is 11.8 Å². The van der Waals surface area contributed by atoms with Crippen molar-refractivity contribution in [3.8, 4) is 0 Å². The first kappa shape index (κ1) is 15.9. The van der Waals surface area contributed by atoms with Crippen LogP contribution in [0.5, 0.6) is 0 Å². The van der Waals surface area contributed by atoms with Gasteiger partial charge in [-0.25, -0.2) is 0 Å². The molecular formula is C18H26N2OS. The van der Waals surface area contributed by atoms with Crippen molar-refractivity contribution < 1.29 is 4.79 Å². The highest BCUT2D eigenvalue weighted by atomic mass is 32.2. The first-order chi connectivity index (χ1) is 10.8. The fraction of sp³-hybridized carbons (Fsp3) is 0.611. The molecule has 1 aromatic rings. The highest BCUT2D eigenvalue weighted by Crippen LogP contribution is 2.30. The van der Waals surface area contributed by atoms with E-state index in [1.54, 1.807) is 0 Å². The number of fused-ring (bicyclic) bond motifs is 1. The van der Waals surface area contributed by atoms with E-state index in [1.807, 2.05) is 17.8 Å². The Morgan fingerprint density at radius 2 is 2.09 bits per heavy atom. The molecule has 0 unspecified atom stereocenters. The van der Waals surface area contributed by atoms with Crippen LogP contribution in [-0.2, 0) is 12.8 Å². The number of thioether (sulfide) groups is 1. The van der Waals surface area contributed by atoms with Crippen molar-refractivity contribution in [1.82, 2.24) is 10.6 Å². The Bertz CT molecular complexity index is 532. The minimum absolute atomic E-state index is 0.105. The zero-order valence-corrected chi connectivity index (χ0v) is 14.2. The molecule has 0 aromatic heterocycles. The second-order valence-corrected chi connectivity index (χ2v) is 7.75. The third-order valence-corrected chi connectivity index (χ3v) is 6.09. The van der Waals surface area contributed by atoms with Crippen LogP contribution in [0.4, 0.5) is 0 Å². The molecule has 120 valence electrons. The normalized spacial score (nSPS) is 24.6. The molecular weight excluding hydrogens is 292 g/mol. The maximum atomic E-state index is 12.6. The molecule has 0 radical (unpaired) electrons. The summed E-state index contributed by atoms with van der Waals surface area (Å²) in [5.41, 5.74) is 3.55. The molecule has 3 rings (SSSR count). The molecule has 1 aliphatic heterocycles. The molecule has 2 atom stereocenters. The molecule has 0 spiro atoms. The Hall–Kier alpha value is -1.00. The van der Waals surface area contributed by atoms with Gasteiger partial charge in [0, 0.05) is 16.9 Å². The second-order valence-electron chi connectivity index (χ2n) is 6.24. The van der Waals surface area contributed by atoms with Gasteiger partial charge in [-0.05, 0) is 67.8 Å². The van der Waals surface area contributed by atoms with Gasteiger partial charge >= 0.3 is 0 Å². The van der Waals surface area contributed by atoms with Gasteiger partial charge < -0.3 is 10.6 Å². The van der Waals surface area contributed by atoms with E-state index in [0.29, 0.717) is 11.3 Å². The number of benzene rings is 1. The minimum atomic E-state index is 0.105. The van der Waals surface area contributed by atoms with Gasteiger partial charge in [-0.3, -0.25) is 4.79 Å². The molecule has 1 aromatic carbocycles. The number of rotatable bonds is 4. The highest BCUT2D eigenvalue weighted by Gasteiger charge is 2.28. The molecule has 22 heavy (non-hydrogen) atoms. The van der Waals surface area contributed by atoms with Crippen LogP contribution in [0, 0.1) is 0 Å². The molecule has 1 amide bonds. The lowest BCUT2D eigenvalue weighted by atomic mass is 9.99. The minimum Gasteiger partial charge on any atom is -0.348 e. The lowest BCUT2D eigenvalue weighted by Gasteiger charge is -2.20.